The molecule has 1 aromatic carbocycles. The topological polar surface area (TPSA) is 34.1 Å². The van der Waals surface area contributed by atoms with Crippen LogP contribution in [0.25, 0.3) is 10.2 Å². The van der Waals surface area contributed by atoms with E-state index in [-0.39, 0.29) is 0 Å². The number of aromatic nitrogens is 1. The average Bonchev–Trinajstić information content (AvgIpc) is 2.47. The van der Waals surface area contributed by atoms with Gasteiger partial charge in [0, 0.05) is 0 Å². The van der Waals surface area contributed by atoms with Gasteiger partial charge >= 0.3 is 0 Å². The molecule has 0 saturated heterocycles. The Hall–Kier alpha value is -1.13. The summed E-state index contributed by atoms with van der Waals surface area (Å²) in [4.78, 5) is 9.04. The Morgan fingerprint density at radius 2 is 2.25 bits per heavy atom. The molecule has 0 aliphatic carbocycles. The molecular weight excluding hydrogens is 172 g/mol. The first-order valence-electron chi connectivity index (χ1n) is 3.55. The van der Waals surface area contributed by atoms with Crippen molar-refractivity contribution in [2.24, 2.45) is 0 Å². The minimum Gasteiger partial charge on any atom is -0.277 e. The van der Waals surface area contributed by atoms with Gasteiger partial charge in [-0.1, -0.05) is 23.5 Å². The van der Waals surface area contributed by atoms with E-state index in [9.17, 15) is 0 Å². The molecule has 1 N–H and O–H groups in total. The van der Waals surface area contributed by atoms with Crippen LogP contribution in [0, 0.1) is 0 Å². The molecular formula is C8H8N2OS. The van der Waals surface area contributed by atoms with Crippen LogP contribution in [0.5, 0.6) is 0 Å². The van der Waals surface area contributed by atoms with Gasteiger partial charge in [-0.3, -0.25) is 4.84 Å². The largest absolute Gasteiger partial charge is 0.277 e. The maximum atomic E-state index is 4.76. The number of nitrogens with one attached hydrogen (secondary N) is 1. The first-order valence-corrected chi connectivity index (χ1v) is 4.36. The Balaban J connectivity index is 2.47. The van der Waals surface area contributed by atoms with Crippen molar-refractivity contribution in [2.45, 2.75) is 0 Å². The van der Waals surface area contributed by atoms with Crippen LogP contribution in [0.1, 0.15) is 0 Å². The zero-order valence-corrected chi connectivity index (χ0v) is 7.39. The lowest BCUT2D eigenvalue weighted by Gasteiger charge is -1.92. The molecule has 3 nitrogen and oxygen atoms in total. The highest BCUT2D eigenvalue weighted by atomic mass is 32.1. The normalized spacial score (nSPS) is 10.4. The van der Waals surface area contributed by atoms with E-state index < -0.39 is 0 Å². The van der Waals surface area contributed by atoms with Gasteiger partial charge in [-0.2, -0.15) is 0 Å². The van der Waals surface area contributed by atoms with E-state index in [1.807, 2.05) is 24.3 Å². The van der Waals surface area contributed by atoms with Crippen LogP contribution >= 0.6 is 11.3 Å². The van der Waals surface area contributed by atoms with E-state index in [0.29, 0.717) is 0 Å². The van der Waals surface area contributed by atoms with E-state index in [1.54, 1.807) is 18.4 Å². The van der Waals surface area contributed by atoms with Gasteiger partial charge in [0.2, 0.25) is 5.13 Å². The Bertz CT molecular complexity index is 352. The van der Waals surface area contributed by atoms with Crippen LogP contribution in [0.2, 0.25) is 0 Å². The number of thiazole rings is 1. The van der Waals surface area contributed by atoms with Crippen molar-refractivity contribution in [1.29, 1.82) is 0 Å². The van der Waals surface area contributed by atoms with Gasteiger partial charge in [0.05, 0.1) is 17.3 Å². The van der Waals surface area contributed by atoms with Gasteiger partial charge in [0.15, 0.2) is 0 Å². The zero-order chi connectivity index (χ0) is 8.39. The van der Waals surface area contributed by atoms with Crippen molar-refractivity contribution in [3.8, 4) is 0 Å². The summed E-state index contributed by atoms with van der Waals surface area (Å²) in [5.74, 6) is 0. The van der Waals surface area contributed by atoms with Crippen molar-refractivity contribution in [1.82, 2.24) is 4.98 Å². The highest BCUT2D eigenvalue weighted by Crippen LogP contribution is 2.24. The Morgan fingerprint density at radius 1 is 1.42 bits per heavy atom. The molecule has 0 aliphatic heterocycles. The van der Waals surface area contributed by atoms with Crippen LogP contribution in [-0.2, 0) is 4.84 Å². The molecule has 0 amide bonds. The second-order valence-electron chi connectivity index (χ2n) is 2.29. The number of fused-ring (bicyclic) bond motifs is 1. The Labute approximate surface area is 74.0 Å². The monoisotopic (exact) mass is 180 g/mol. The summed E-state index contributed by atoms with van der Waals surface area (Å²) in [5.41, 5.74) is 3.71. The summed E-state index contributed by atoms with van der Waals surface area (Å²) in [6.45, 7) is 0. The second kappa shape index (κ2) is 3.08. The summed E-state index contributed by atoms with van der Waals surface area (Å²) in [6, 6.07) is 7.98. The fourth-order valence-electron chi connectivity index (χ4n) is 1.00. The lowest BCUT2D eigenvalue weighted by atomic mass is 10.3. The molecule has 0 bridgehead atoms. The quantitative estimate of drug-likeness (QED) is 0.720. The van der Waals surface area contributed by atoms with E-state index in [1.165, 1.54) is 0 Å². The molecule has 0 aliphatic rings. The van der Waals surface area contributed by atoms with E-state index in [2.05, 4.69) is 10.5 Å². The smallest absolute Gasteiger partial charge is 0.208 e. The number of rotatable bonds is 2. The lowest BCUT2D eigenvalue weighted by Crippen LogP contribution is -1.93. The number of para-hydroxylation sites is 1. The van der Waals surface area contributed by atoms with Crippen LogP contribution < -0.4 is 5.48 Å². The van der Waals surface area contributed by atoms with Gasteiger partial charge in [0.1, 0.15) is 0 Å². The summed E-state index contributed by atoms with van der Waals surface area (Å²) in [7, 11) is 1.58. The van der Waals surface area contributed by atoms with Crippen LogP contribution in [-0.4, -0.2) is 12.1 Å². The number of hydrogen-bond donors (Lipinski definition) is 1. The molecule has 0 atom stereocenters. The average molecular weight is 180 g/mol. The van der Waals surface area contributed by atoms with Gasteiger partial charge < -0.3 is 0 Å². The van der Waals surface area contributed by atoms with Crippen molar-refractivity contribution >= 4 is 26.7 Å². The second-order valence-corrected chi connectivity index (χ2v) is 3.32. The highest BCUT2D eigenvalue weighted by molar-refractivity contribution is 7.22. The van der Waals surface area contributed by atoms with Crippen molar-refractivity contribution in [3.63, 3.8) is 0 Å². The number of nitrogens with zero attached hydrogens (tertiary/aromatic N) is 1. The lowest BCUT2D eigenvalue weighted by molar-refractivity contribution is 0.271. The fourth-order valence-corrected chi connectivity index (χ4v) is 1.85. The third-order valence-electron chi connectivity index (χ3n) is 1.48. The molecule has 2 aromatic rings. The Kier molecular flexibility index (Phi) is 1.93. The Morgan fingerprint density at radius 3 is 3.00 bits per heavy atom. The van der Waals surface area contributed by atoms with E-state index in [4.69, 9.17) is 4.84 Å². The predicted molar refractivity (Wildman–Crippen MR) is 50.3 cm³/mol. The molecule has 1 heterocycles. The van der Waals surface area contributed by atoms with Gasteiger partial charge in [-0.15, -0.1) is 0 Å². The molecule has 62 valence electrons. The molecule has 0 unspecified atom stereocenters. The van der Waals surface area contributed by atoms with Crippen LogP contribution in [0.3, 0.4) is 0 Å². The van der Waals surface area contributed by atoms with Gasteiger partial charge in [-0.05, 0) is 12.1 Å². The molecule has 0 fully saturated rings. The third kappa shape index (κ3) is 1.26. The molecule has 2 rings (SSSR count). The minimum absolute atomic E-state index is 0.790. The molecule has 1 aromatic heterocycles. The third-order valence-corrected chi connectivity index (χ3v) is 2.42. The summed E-state index contributed by atoms with van der Waals surface area (Å²) in [5, 5.41) is 0.790. The summed E-state index contributed by atoms with van der Waals surface area (Å²) >= 11 is 1.57. The number of anilines is 1. The molecule has 0 radical (unpaired) electrons. The van der Waals surface area contributed by atoms with Crippen LogP contribution in [0.4, 0.5) is 5.13 Å². The fraction of sp³-hybridized carbons (Fsp3) is 0.125. The zero-order valence-electron chi connectivity index (χ0n) is 6.57. The maximum absolute atomic E-state index is 4.76. The highest BCUT2D eigenvalue weighted by Gasteiger charge is 2.00. The number of benzene rings is 1. The first-order chi connectivity index (χ1) is 5.90. The van der Waals surface area contributed by atoms with Crippen molar-refractivity contribution in [2.75, 3.05) is 12.6 Å². The van der Waals surface area contributed by atoms with E-state index in [0.717, 1.165) is 15.3 Å². The SMILES string of the molecule is CONc1nc2ccccc2s1. The summed E-state index contributed by atoms with van der Waals surface area (Å²) in [6.07, 6.45) is 0. The van der Waals surface area contributed by atoms with Crippen molar-refractivity contribution < 1.29 is 4.84 Å². The standard InChI is InChI=1S/C8H8N2OS/c1-11-10-8-9-6-4-2-3-5-7(6)12-8/h2-5H,1H3,(H,9,10). The van der Waals surface area contributed by atoms with E-state index >= 15 is 0 Å². The van der Waals surface area contributed by atoms with Gasteiger partial charge in [0.25, 0.3) is 0 Å². The van der Waals surface area contributed by atoms with Crippen molar-refractivity contribution in [3.05, 3.63) is 24.3 Å². The van der Waals surface area contributed by atoms with Crippen LogP contribution in [0.15, 0.2) is 24.3 Å². The molecule has 4 heteroatoms. The predicted octanol–water partition coefficient (Wildman–Crippen LogP) is 2.27. The molecule has 0 saturated carbocycles. The minimum atomic E-state index is 0.790. The summed E-state index contributed by atoms with van der Waals surface area (Å²) < 4.78 is 1.16. The maximum Gasteiger partial charge on any atom is 0.208 e. The molecule has 12 heavy (non-hydrogen) atoms. The van der Waals surface area contributed by atoms with Gasteiger partial charge in [-0.25, -0.2) is 10.5 Å². The first kappa shape index (κ1) is 7.52. The number of hydrogen-bond acceptors (Lipinski definition) is 4. The molecule has 0 spiro atoms.